The number of nitriles is 1. The predicted octanol–water partition coefficient (Wildman–Crippen LogP) is 4.81. The van der Waals surface area contributed by atoms with Crippen molar-refractivity contribution in [3.8, 4) is 17.3 Å². The van der Waals surface area contributed by atoms with E-state index in [0.29, 0.717) is 22.9 Å². The van der Waals surface area contributed by atoms with Crippen LogP contribution in [0.5, 0.6) is 0 Å². The van der Waals surface area contributed by atoms with Crippen LogP contribution in [0.2, 0.25) is 0 Å². The maximum absolute atomic E-state index is 13.0. The van der Waals surface area contributed by atoms with Crippen LogP contribution in [0.25, 0.3) is 11.3 Å². The van der Waals surface area contributed by atoms with Crippen LogP contribution < -0.4 is 11.1 Å². The van der Waals surface area contributed by atoms with Crippen LogP contribution in [0.1, 0.15) is 57.7 Å². The van der Waals surface area contributed by atoms with Gasteiger partial charge in [0, 0.05) is 17.7 Å². The minimum atomic E-state index is -4.69. The third-order valence-electron chi connectivity index (χ3n) is 5.54. The molecule has 1 unspecified atom stereocenters. The molecule has 1 atom stereocenters. The Morgan fingerprint density at radius 1 is 1.26 bits per heavy atom. The molecule has 182 valence electrons. The zero-order valence-corrected chi connectivity index (χ0v) is 19.4. The lowest BCUT2D eigenvalue weighted by molar-refractivity contribution is -0.186. The summed E-state index contributed by atoms with van der Waals surface area (Å²) < 4.78 is 40.7. The monoisotopic (exact) mass is 476 g/mol. The average Bonchev–Trinajstić information content (AvgIpc) is 3.08. The zero-order chi connectivity index (χ0) is 26.0. The molecule has 2 rings (SSSR count). The fraction of sp³-hybridized carbons (Fsp3) is 0.391. The first-order valence-electron chi connectivity index (χ1n) is 10.4. The van der Waals surface area contributed by atoms with E-state index in [0.717, 1.165) is 13.8 Å². The molecule has 0 radical (unpaired) electrons. The summed E-state index contributed by atoms with van der Waals surface area (Å²) in [5.41, 5.74) is 4.44. The smallest absolute Gasteiger partial charge is 0.399 e. The molecule has 1 aromatic heterocycles. The number of nitrogens with two attached hydrogens (primary N) is 1. The van der Waals surface area contributed by atoms with Gasteiger partial charge in [-0.1, -0.05) is 24.3 Å². The molecule has 5 N–H and O–H groups in total. The van der Waals surface area contributed by atoms with Gasteiger partial charge < -0.3 is 16.2 Å². The number of carbonyl (C=O) groups is 1. The highest BCUT2D eigenvalue weighted by Crippen LogP contribution is 2.38. The number of carbonyl (C=O) groups excluding carboxylic acids is 1. The number of alkyl halides is 3. The van der Waals surface area contributed by atoms with Crippen molar-refractivity contribution in [2.75, 3.05) is 5.73 Å². The molecular formula is C23H27F3N6O2. The highest BCUT2D eigenvalue weighted by Gasteiger charge is 2.49. The molecule has 1 aromatic carbocycles. The van der Waals surface area contributed by atoms with Gasteiger partial charge in [0.05, 0.1) is 11.6 Å². The van der Waals surface area contributed by atoms with Gasteiger partial charge in [0.25, 0.3) is 0 Å². The molecular weight excluding hydrogens is 449 g/mol. The van der Waals surface area contributed by atoms with Crippen LogP contribution in [0.3, 0.4) is 0 Å². The van der Waals surface area contributed by atoms with Gasteiger partial charge >= 0.3 is 6.18 Å². The summed E-state index contributed by atoms with van der Waals surface area (Å²) in [6.45, 7) is 6.93. The molecule has 8 nitrogen and oxygen atoms in total. The minimum absolute atomic E-state index is 0.0484. The number of hydrogen-bond acceptors (Lipinski definition) is 6. The van der Waals surface area contributed by atoms with Gasteiger partial charge in [0.2, 0.25) is 5.91 Å². The number of rotatable bonds is 7. The number of nitrogens with zero attached hydrogens (tertiary/aromatic N) is 3. The van der Waals surface area contributed by atoms with Gasteiger partial charge in [-0.25, -0.2) is 4.68 Å². The van der Waals surface area contributed by atoms with Crippen molar-refractivity contribution in [1.29, 1.82) is 10.7 Å². The Bertz CT molecular complexity index is 1160. The lowest BCUT2D eigenvalue weighted by atomic mass is 9.86. The van der Waals surface area contributed by atoms with Gasteiger partial charge in [-0.2, -0.15) is 23.5 Å². The van der Waals surface area contributed by atoms with Crippen LogP contribution in [-0.4, -0.2) is 32.7 Å². The summed E-state index contributed by atoms with van der Waals surface area (Å²) in [5.74, 6) is -2.05. The van der Waals surface area contributed by atoms with Crippen LogP contribution >= 0.6 is 0 Å². The summed E-state index contributed by atoms with van der Waals surface area (Å²) in [6.07, 6.45) is -4.12. The van der Waals surface area contributed by atoms with Crippen molar-refractivity contribution >= 4 is 17.4 Å². The van der Waals surface area contributed by atoms with Gasteiger partial charge in [0.15, 0.2) is 5.88 Å². The largest absolute Gasteiger partial charge is 0.494 e. The Hall–Kier alpha value is -3.81. The molecule has 0 saturated heterocycles. The van der Waals surface area contributed by atoms with E-state index in [1.54, 1.807) is 35.9 Å². The summed E-state index contributed by atoms with van der Waals surface area (Å²) in [7, 11) is 0. The number of aliphatic hydroxyl groups excluding tert-OH is 1. The van der Waals surface area contributed by atoms with E-state index in [1.807, 2.05) is 13.8 Å². The van der Waals surface area contributed by atoms with E-state index in [9.17, 15) is 28.3 Å². The molecule has 0 fully saturated rings. The first-order valence-corrected chi connectivity index (χ1v) is 10.4. The number of aliphatic hydroxyl groups is 1. The summed E-state index contributed by atoms with van der Waals surface area (Å²) in [4.78, 5) is 12.5. The normalized spacial score (nSPS) is 13.5. The van der Waals surface area contributed by atoms with E-state index >= 15 is 0 Å². The molecule has 0 aliphatic heterocycles. The van der Waals surface area contributed by atoms with Crippen LogP contribution in [0, 0.1) is 22.2 Å². The highest BCUT2D eigenvalue weighted by atomic mass is 19.4. The first kappa shape index (κ1) is 26.4. The molecule has 0 saturated carbocycles. The third-order valence-corrected chi connectivity index (χ3v) is 5.54. The molecule has 2 aromatic rings. The average molecular weight is 477 g/mol. The minimum Gasteiger partial charge on any atom is -0.494 e. The fourth-order valence-corrected chi connectivity index (χ4v) is 2.97. The number of nitrogen functional groups attached to an aromatic ring is 1. The third kappa shape index (κ3) is 5.22. The van der Waals surface area contributed by atoms with Crippen molar-refractivity contribution in [1.82, 2.24) is 15.1 Å². The zero-order valence-electron chi connectivity index (χ0n) is 19.4. The topological polar surface area (TPSA) is 141 Å². The van der Waals surface area contributed by atoms with Gasteiger partial charge in [-0.3, -0.25) is 10.1 Å². The Labute approximate surface area is 195 Å². The number of halogens is 3. The number of hydrogen-bond donors (Lipinski definition) is 4. The molecule has 0 aliphatic rings. The second-order valence-corrected chi connectivity index (χ2v) is 8.66. The van der Waals surface area contributed by atoms with Crippen LogP contribution in [0.4, 0.5) is 19.0 Å². The van der Waals surface area contributed by atoms with E-state index in [1.165, 1.54) is 0 Å². The number of amides is 1. The van der Waals surface area contributed by atoms with E-state index < -0.39 is 35.0 Å². The van der Waals surface area contributed by atoms with Gasteiger partial charge in [-0.15, -0.1) is 0 Å². The molecule has 0 spiro atoms. The molecule has 1 heterocycles. The fourth-order valence-electron chi connectivity index (χ4n) is 2.97. The number of benzene rings is 1. The van der Waals surface area contributed by atoms with Gasteiger partial charge in [-0.05, 0) is 40.2 Å². The lowest BCUT2D eigenvalue weighted by Crippen LogP contribution is -2.39. The Morgan fingerprint density at radius 3 is 2.29 bits per heavy atom. The van der Waals surface area contributed by atoms with Crippen molar-refractivity contribution < 1.29 is 23.1 Å². The first-order chi connectivity index (χ1) is 15.6. The highest BCUT2D eigenvalue weighted by molar-refractivity contribution is 5.98. The summed E-state index contributed by atoms with van der Waals surface area (Å²) in [5, 5.41) is 33.5. The Balaban J connectivity index is 2.20. The molecule has 34 heavy (non-hydrogen) atoms. The molecule has 0 bridgehead atoms. The Morgan fingerprint density at radius 2 is 1.82 bits per heavy atom. The van der Waals surface area contributed by atoms with Crippen molar-refractivity contribution in [3.05, 3.63) is 47.4 Å². The van der Waals surface area contributed by atoms with E-state index in [2.05, 4.69) is 16.5 Å². The number of nitrogens with one attached hydrogen (secondary N) is 2. The SMILES string of the molecule is CC(C(=O)N/C(O)=C/C(=N)C(C)(C)C(F)(F)F)c1ccc(-c2nn(C(C)C)c(N)c2C#N)cc1. The second kappa shape index (κ2) is 9.59. The number of allylic oxidation sites excluding steroid dienone is 1. The van der Waals surface area contributed by atoms with E-state index in [4.69, 9.17) is 11.1 Å². The molecule has 11 heteroatoms. The number of aromatic nitrogens is 2. The molecule has 0 aliphatic carbocycles. The Kier molecular flexibility index (Phi) is 7.46. The van der Waals surface area contributed by atoms with Crippen molar-refractivity contribution in [2.45, 2.75) is 52.8 Å². The van der Waals surface area contributed by atoms with Crippen LogP contribution in [0.15, 0.2) is 36.2 Å². The standard InChI is InChI=1S/C23H27F3N6O2/c1-12(2)32-20(29)16(11-27)19(31-32)15-8-6-14(7-9-15)13(3)21(34)30-18(33)10-17(28)22(4,5)23(24,25)26/h6-10,12-13,28,33H,29H2,1-5H3,(H,30,34)/b18-10-,28-17?. The van der Waals surface area contributed by atoms with Crippen molar-refractivity contribution in [2.24, 2.45) is 5.41 Å². The van der Waals surface area contributed by atoms with Crippen LogP contribution in [-0.2, 0) is 4.79 Å². The van der Waals surface area contributed by atoms with Gasteiger partial charge in [0.1, 0.15) is 28.6 Å². The maximum atomic E-state index is 13.0. The van der Waals surface area contributed by atoms with E-state index in [-0.39, 0.29) is 17.4 Å². The van der Waals surface area contributed by atoms with Crippen molar-refractivity contribution in [3.63, 3.8) is 0 Å². The predicted molar refractivity (Wildman–Crippen MR) is 122 cm³/mol. The second-order valence-electron chi connectivity index (χ2n) is 8.66. The lowest BCUT2D eigenvalue weighted by Gasteiger charge is -2.27. The summed E-state index contributed by atoms with van der Waals surface area (Å²) in [6, 6.07) is 8.63. The summed E-state index contributed by atoms with van der Waals surface area (Å²) >= 11 is 0. The molecule has 1 amide bonds. The number of anilines is 1. The quantitative estimate of drug-likeness (QED) is 0.335. The maximum Gasteiger partial charge on any atom is 0.399 e.